The van der Waals surface area contributed by atoms with Gasteiger partial charge in [0.2, 0.25) is 0 Å². The molecule has 41 heavy (non-hydrogen) atoms. The van der Waals surface area contributed by atoms with E-state index in [0.29, 0.717) is 22.0 Å². The third-order valence-electron chi connectivity index (χ3n) is 6.77. The first-order valence-electron chi connectivity index (χ1n) is 12.6. The number of allylic oxidation sites excluding steroid dienone is 1. The predicted octanol–water partition coefficient (Wildman–Crippen LogP) is 6.61. The summed E-state index contributed by atoms with van der Waals surface area (Å²) < 4.78 is 108. The van der Waals surface area contributed by atoms with Crippen LogP contribution in [-0.4, -0.2) is 43.5 Å². The van der Waals surface area contributed by atoms with E-state index >= 15 is 0 Å². The van der Waals surface area contributed by atoms with E-state index in [4.69, 9.17) is 9.47 Å². The van der Waals surface area contributed by atoms with Gasteiger partial charge in [-0.3, -0.25) is 4.98 Å². The number of ether oxygens (including phenoxy) is 2. The Morgan fingerprint density at radius 1 is 1.17 bits per heavy atom. The molecule has 0 fully saturated rings. The van der Waals surface area contributed by atoms with Crippen molar-refractivity contribution in [2.75, 3.05) is 19.8 Å². The fourth-order valence-corrected chi connectivity index (χ4v) is 4.76. The number of fused-ring (bicyclic) bond motifs is 1. The maximum Gasteiger partial charge on any atom is 0.398 e. The summed E-state index contributed by atoms with van der Waals surface area (Å²) in [5.74, 6) is -2.48. The molecule has 216 valence electrons. The van der Waals surface area contributed by atoms with Gasteiger partial charge >= 0.3 is 6.18 Å². The van der Waals surface area contributed by atoms with E-state index in [2.05, 4.69) is 22.2 Å². The minimum atomic E-state index is -4.76. The molecular formula is C29H24F7N3O2. The molecule has 5 nitrogen and oxygen atoms in total. The minimum Gasteiger partial charge on any atom is -0.492 e. The normalized spacial score (nSPS) is 19.4. The highest BCUT2D eigenvalue weighted by Gasteiger charge is 2.46. The lowest BCUT2D eigenvalue weighted by Crippen LogP contribution is -2.41. The van der Waals surface area contributed by atoms with Gasteiger partial charge in [-0.25, -0.2) is 17.6 Å². The first kappa shape index (κ1) is 28.3. The highest BCUT2D eigenvalue weighted by Crippen LogP contribution is 2.42. The standard InChI is InChI=1S/C29H24F7N3O2/c1-15(18-9-17-3-2-8-37-26(17)24(10-18)40-14-25(32)33)38-12-21(29(34,35)36)23-11-20-22(31)13-41-28(20)27(39-23)16-4-6-19(30)7-5-16/h2-11,21-22,25,27,38-39H,1,12-14H2. The molecular weight excluding hydrogens is 555 g/mol. The van der Waals surface area contributed by atoms with Gasteiger partial charge < -0.3 is 20.1 Å². The molecule has 2 aromatic carbocycles. The molecule has 1 aromatic heterocycles. The van der Waals surface area contributed by atoms with Crippen molar-refractivity contribution in [3.05, 3.63) is 101 Å². The molecule has 2 N–H and O–H groups in total. The van der Waals surface area contributed by atoms with E-state index in [0.717, 1.165) is 18.2 Å². The number of nitrogens with zero attached hydrogens (tertiary/aromatic N) is 1. The molecule has 3 atom stereocenters. The van der Waals surface area contributed by atoms with Crippen molar-refractivity contribution in [3.63, 3.8) is 0 Å². The van der Waals surface area contributed by atoms with Crippen molar-refractivity contribution in [2.24, 2.45) is 5.92 Å². The first-order valence-corrected chi connectivity index (χ1v) is 12.6. The molecule has 0 saturated carbocycles. The molecule has 3 heterocycles. The topological polar surface area (TPSA) is 55.4 Å². The number of benzene rings is 2. The third kappa shape index (κ3) is 6.10. The number of aromatic nitrogens is 1. The van der Waals surface area contributed by atoms with E-state index in [1.807, 2.05) is 0 Å². The zero-order valence-electron chi connectivity index (χ0n) is 21.3. The van der Waals surface area contributed by atoms with Gasteiger partial charge in [-0.05, 0) is 42.0 Å². The highest BCUT2D eigenvalue weighted by atomic mass is 19.4. The Kier molecular flexibility index (Phi) is 7.83. The van der Waals surface area contributed by atoms with Crippen molar-refractivity contribution >= 4 is 16.6 Å². The summed E-state index contributed by atoms with van der Waals surface area (Å²) in [7, 11) is 0. The molecule has 5 rings (SSSR count). The van der Waals surface area contributed by atoms with Gasteiger partial charge in [0.1, 0.15) is 48.0 Å². The van der Waals surface area contributed by atoms with Crippen molar-refractivity contribution in [2.45, 2.75) is 24.8 Å². The van der Waals surface area contributed by atoms with E-state index in [1.54, 1.807) is 18.2 Å². The van der Waals surface area contributed by atoms with Crippen LogP contribution in [0.25, 0.3) is 16.6 Å². The summed E-state index contributed by atoms with van der Waals surface area (Å²) in [6, 6.07) is 10.4. The number of hydrogen-bond donors (Lipinski definition) is 2. The summed E-state index contributed by atoms with van der Waals surface area (Å²) in [6.07, 6.45) is -6.57. The summed E-state index contributed by atoms with van der Waals surface area (Å²) in [5.41, 5.74) is 0.781. The Morgan fingerprint density at radius 2 is 1.93 bits per heavy atom. The van der Waals surface area contributed by atoms with Crippen molar-refractivity contribution in [1.29, 1.82) is 0 Å². The van der Waals surface area contributed by atoms with Crippen LogP contribution < -0.4 is 15.4 Å². The van der Waals surface area contributed by atoms with Gasteiger partial charge in [0.25, 0.3) is 6.43 Å². The second-order valence-electron chi connectivity index (χ2n) is 9.53. The van der Waals surface area contributed by atoms with E-state index in [1.165, 1.54) is 24.4 Å². The lowest BCUT2D eigenvalue weighted by molar-refractivity contribution is -0.163. The quantitative estimate of drug-likeness (QED) is 0.280. The molecule has 2 aliphatic heterocycles. The maximum atomic E-state index is 14.7. The van der Waals surface area contributed by atoms with Crippen LogP contribution >= 0.6 is 0 Å². The number of hydrogen-bond acceptors (Lipinski definition) is 5. The maximum absolute atomic E-state index is 14.7. The summed E-state index contributed by atoms with van der Waals surface area (Å²) in [5, 5.41) is 6.01. The number of nitrogens with one attached hydrogen (secondary N) is 2. The van der Waals surface area contributed by atoms with Gasteiger partial charge in [0.05, 0.1) is 0 Å². The van der Waals surface area contributed by atoms with Gasteiger partial charge in [-0.1, -0.05) is 24.8 Å². The van der Waals surface area contributed by atoms with Gasteiger partial charge in [-0.2, -0.15) is 13.2 Å². The molecule has 0 aliphatic carbocycles. The lowest BCUT2D eigenvalue weighted by Gasteiger charge is -2.32. The van der Waals surface area contributed by atoms with Crippen LogP contribution in [0.3, 0.4) is 0 Å². The number of rotatable bonds is 9. The molecule has 12 heteroatoms. The predicted molar refractivity (Wildman–Crippen MR) is 138 cm³/mol. The Morgan fingerprint density at radius 3 is 2.63 bits per heavy atom. The average Bonchev–Trinajstić information content (AvgIpc) is 3.31. The monoisotopic (exact) mass is 579 g/mol. The van der Waals surface area contributed by atoms with Crippen molar-refractivity contribution < 1.29 is 40.2 Å². The zero-order valence-corrected chi connectivity index (χ0v) is 21.3. The Hall–Kier alpha value is -4.22. The first-order chi connectivity index (χ1) is 19.5. The summed E-state index contributed by atoms with van der Waals surface area (Å²) in [4.78, 5) is 4.15. The van der Waals surface area contributed by atoms with Crippen LogP contribution in [0.5, 0.6) is 5.75 Å². The molecule has 3 unspecified atom stereocenters. The smallest absolute Gasteiger partial charge is 0.398 e. The summed E-state index contributed by atoms with van der Waals surface area (Å²) in [6.45, 7) is 1.92. The molecule has 2 aliphatic rings. The van der Waals surface area contributed by atoms with Crippen LogP contribution in [-0.2, 0) is 4.74 Å². The Bertz CT molecular complexity index is 1500. The van der Waals surface area contributed by atoms with Crippen LogP contribution in [0.15, 0.2) is 84.4 Å². The molecule has 3 aromatic rings. The third-order valence-corrected chi connectivity index (χ3v) is 6.77. The fraction of sp³-hybridized carbons (Fsp3) is 0.276. The molecule has 0 bridgehead atoms. The lowest BCUT2D eigenvalue weighted by atomic mass is 9.92. The van der Waals surface area contributed by atoms with Gasteiger partial charge in [-0.15, -0.1) is 0 Å². The van der Waals surface area contributed by atoms with E-state index in [9.17, 15) is 30.7 Å². The number of pyridine rings is 1. The zero-order chi connectivity index (χ0) is 29.3. The minimum absolute atomic E-state index is 0.0102. The van der Waals surface area contributed by atoms with Crippen molar-refractivity contribution in [3.8, 4) is 5.75 Å². The molecule has 0 saturated heterocycles. The van der Waals surface area contributed by atoms with Crippen LogP contribution in [0.1, 0.15) is 17.2 Å². The average molecular weight is 580 g/mol. The molecule has 0 radical (unpaired) electrons. The van der Waals surface area contributed by atoms with Gasteiger partial charge in [0, 0.05) is 40.7 Å². The second-order valence-corrected chi connectivity index (χ2v) is 9.53. The SMILES string of the molecule is C=C(NCC(C1=CC2=C(OCC2F)C(c2ccc(F)cc2)N1)C(F)(F)F)c1cc(OCC(F)F)c2ncccc2c1. The highest BCUT2D eigenvalue weighted by molar-refractivity contribution is 5.88. The van der Waals surface area contributed by atoms with E-state index < -0.39 is 49.7 Å². The largest absolute Gasteiger partial charge is 0.492 e. The van der Waals surface area contributed by atoms with Crippen LogP contribution in [0, 0.1) is 11.7 Å². The Labute approximate surface area is 230 Å². The van der Waals surface area contributed by atoms with Crippen LogP contribution in [0.4, 0.5) is 30.7 Å². The number of dihydropyridines is 1. The Balaban J connectivity index is 1.41. The second kappa shape index (κ2) is 11.3. The van der Waals surface area contributed by atoms with Crippen molar-refractivity contribution in [1.82, 2.24) is 15.6 Å². The summed E-state index contributed by atoms with van der Waals surface area (Å²) >= 11 is 0. The van der Waals surface area contributed by atoms with E-state index in [-0.39, 0.29) is 35.1 Å². The number of halogens is 7. The van der Waals surface area contributed by atoms with Crippen LogP contribution in [0.2, 0.25) is 0 Å². The number of alkyl halides is 6. The molecule has 0 spiro atoms. The van der Waals surface area contributed by atoms with Gasteiger partial charge in [0.15, 0.2) is 6.17 Å². The fourth-order valence-electron chi connectivity index (χ4n) is 4.76. The molecule has 0 amide bonds.